The number of hydrogen-bond acceptors (Lipinski definition) is 2. The van der Waals surface area contributed by atoms with E-state index in [4.69, 9.17) is 0 Å². The van der Waals surface area contributed by atoms with E-state index in [1.165, 1.54) is 0 Å². The van der Waals surface area contributed by atoms with Gasteiger partial charge in [0.05, 0.1) is 0 Å². The molecule has 11 heavy (non-hydrogen) atoms. The number of nitrogens with one attached hydrogen (secondary N) is 1. The topological polar surface area (TPSA) is 24.4 Å². The number of rotatable bonds is 5. The highest BCUT2D eigenvalue weighted by Crippen LogP contribution is 1.95. The normalized spacial score (nSPS) is 11.4. The molecule has 0 bridgehead atoms. The van der Waals surface area contributed by atoms with Crippen LogP contribution in [-0.4, -0.2) is 12.3 Å². The first kappa shape index (κ1) is 10.2. The smallest absolute Gasteiger partial charge is 0.118 e. The molecular formula is C9H18N2. The molecule has 2 nitrogen and oxygen atoms in total. The fraction of sp³-hybridized carbons (Fsp3) is 0.667. The molecule has 0 heterocycles. The summed E-state index contributed by atoms with van der Waals surface area (Å²) in [6, 6.07) is 0. The predicted molar refractivity (Wildman–Crippen MR) is 50.8 cm³/mol. The molecule has 0 aliphatic rings. The van der Waals surface area contributed by atoms with E-state index in [1.807, 2.05) is 13.8 Å². The number of hydrogen-bond donors (Lipinski definition) is 1. The number of aliphatic imine (C=N–C) groups is 1. The third-order valence-corrected chi connectivity index (χ3v) is 1.32. The van der Waals surface area contributed by atoms with Crippen molar-refractivity contribution in [2.75, 3.05) is 6.54 Å². The number of nitrogens with zero attached hydrogens (tertiary/aromatic N) is 1. The molecule has 0 spiro atoms. The van der Waals surface area contributed by atoms with E-state index in [0.717, 1.165) is 30.9 Å². The van der Waals surface area contributed by atoms with Gasteiger partial charge in [0.25, 0.3) is 0 Å². The van der Waals surface area contributed by atoms with E-state index in [1.54, 1.807) is 0 Å². The van der Waals surface area contributed by atoms with Gasteiger partial charge in [0.2, 0.25) is 0 Å². The summed E-state index contributed by atoms with van der Waals surface area (Å²) in [6.07, 6.45) is 2.21. The lowest BCUT2D eigenvalue weighted by Gasteiger charge is -2.02. The van der Waals surface area contributed by atoms with Crippen molar-refractivity contribution in [3.05, 3.63) is 12.4 Å². The van der Waals surface area contributed by atoms with Gasteiger partial charge in [-0.15, -0.1) is 0 Å². The molecule has 0 saturated carbocycles. The molecule has 0 atom stereocenters. The third kappa shape index (κ3) is 5.64. The summed E-state index contributed by atoms with van der Waals surface area (Å²) in [5.41, 5.74) is 1.15. The Hall–Kier alpha value is -0.790. The van der Waals surface area contributed by atoms with Crippen LogP contribution in [-0.2, 0) is 0 Å². The van der Waals surface area contributed by atoms with Crippen LogP contribution in [0, 0.1) is 0 Å². The van der Waals surface area contributed by atoms with E-state index in [2.05, 4.69) is 23.8 Å². The van der Waals surface area contributed by atoms with Crippen LogP contribution in [0.25, 0.3) is 0 Å². The molecule has 2 heteroatoms. The highest BCUT2D eigenvalue weighted by Gasteiger charge is 1.90. The van der Waals surface area contributed by atoms with E-state index < -0.39 is 0 Å². The van der Waals surface area contributed by atoms with Crippen molar-refractivity contribution in [1.29, 1.82) is 0 Å². The van der Waals surface area contributed by atoms with Crippen LogP contribution in [0.2, 0.25) is 0 Å². The van der Waals surface area contributed by atoms with Gasteiger partial charge in [0, 0.05) is 12.3 Å². The van der Waals surface area contributed by atoms with Gasteiger partial charge in [0.1, 0.15) is 5.82 Å². The summed E-state index contributed by atoms with van der Waals surface area (Å²) in [5, 5.41) is 3.05. The van der Waals surface area contributed by atoms with E-state index in [9.17, 15) is 0 Å². The molecule has 0 amide bonds. The summed E-state index contributed by atoms with van der Waals surface area (Å²) in [6.45, 7) is 10.9. The lowest BCUT2D eigenvalue weighted by molar-refractivity contribution is 0.841. The molecule has 0 aliphatic heterocycles. The average molecular weight is 154 g/mol. The van der Waals surface area contributed by atoms with E-state index >= 15 is 0 Å². The highest BCUT2D eigenvalue weighted by molar-refractivity contribution is 5.82. The summed E-state index contributed by atoms with van der Waals surface area (Å²) in [5.74, 6) is 0.776. The van der Waals surface area contributed by atoms with Gasteiger partial charge in [0.15, 0.2) is 0 Å². The SMILES string of the molecule is C=C(N=C(C)CCC)NCC. The van der Waals surface area contributed by atoms with Crippen LogP contribution in [0.3, 0.4) is 0 Å². The van der Waals surface area contributed by atoms with Crippen molar-refractivity contribution in [2.45, 2.75) is 33.6 Å². The summed E-state index contributed by atoms with van der Waals surface area (Å²) < 4.78 is 0. The minimum atomic E-state index is 0.776. The van der Waals surface area contributed by atoms with Crippen molar-refractivity contribution in [3.8, 4) is 0 Å². The Kier molecular flexibility index (Phi) is 5.53. The van der Waals surface area contributed by atoms with Crippen LogP contribution in [0.5, 0.6) is 0 Å². The fourth-order valence-corrected chi connectivity index (χ4v) is 0.892. The molecular weight excluding hydrogens is 136 g/mol. The van der Waals surface area contributed by atoms with Crippen molar-refractivity contribution < 1.29 is 0 Å². The molecule has 0 aromatic carbocycles. The Bertz CT molecular complexity index is 148. The van der Waals surface area contributed by atoms with Gasteiger partial charge in [-0.05, 0) is 20.3 Å². The van der Waals surface area contributed by atoms with Gasteiger partial charge in [-0.3, -0.25) is 0 Å². The van der Waals surface area contributed by atoms with Crippen molar-refractivity contribution >= 4 is 5.71 Å². The summed E-state index contributed by atoms with van der Waals surface area (Å²) in [7, 11) is 0. The van der Waals surface area contributed by atoms with Gasteiger partial charge < -0.3 is 5.32 Å². The predicted octanol–water partition coefficient (Wildman–Crippen LogP) is 2.33. The van der Waals surface area contributed by atoms with Crippen molar-refractivity contribution in [3.63, 3.8) is 0 Å². The van der Waals surface area contributed by atoms with Crippen molar-refractivity contribution in [1.82, 2.24) is 5.32 Å². The largest absolute Gasteiger partial charge is 0.371 e. The maximum absolute atomic E-state index is 4.27. The second kappa shape index (κ2) is 5.96. The zero-order valence-corrected chi connectivity index (χ0v) is 7.78. The first-order valence-corrected chi connectivity index (χ1v) is 4.17. The third-order valence-electron chi connectivity index (χ3n) is 1.32. The van der Waals surface area contributed by atoms with Gasteiger partial charge >= 0.3 is 0 Å². The molecule has 0 fully saturated rings. The minimum absolute atomic E-state index is 0.776. The van der Waals surface area contributed by atoms with Crippen LogP contribution >= 0.6 is 0 Å². The summed E-state index contributed by atoms with van der Waals surface area (Å²) in [4.78, 5) is 4.27. The Morgan fingerprint density at radius 3 is 2.55 bits per heavy atom. The molecule has 0 unspecified atom stereocenters. The Morgan fingerprint density at radius 1 is 1.45 bits per heavy atom. The first-order chi connectivity index (χ1) is 5.20. The maximum Gasteiger partial charge on any atom is 0.118 e. The fourth-order valence-electron chi connectivity index (χ4n) is 0.892. The van der Waals surface area contributed by atoms with Gasteiger partial charge in [-0.25, -0.2) is 4.99 Å². The summed E-state index contributed by atoms with van der Waals surface area (Å²) >= 11 is 0. The zero-order valence-electron chi connectivity index (χ0n) is 7.78. The lowest BCUT2D eigenvalue weighted by Crippen LogP contribution is -2.10. The zero-order chi connectivity index (χ0) is 8.69. The quantitative estimate of drug-likeness (QED) is 0.604. The standard InChI is InChI=1S/C9H18N2/c1-5-7-8(3)11-9(4)10-6-2/h10H,4-7H2,1-3H3. The molecule has 0 radical (unpaired) electrons. The van der Waals surface area contributed by atoms with Crippen LogP contribution in [0.4, 0.5) is 0 Å². The Labute approximate surface area is 69.4 Å². The van der Waals surface area contributed by atoms with Crippen molar-refractivity contribution in [2.24, 2.45) is 4.99 Å². The molecule has 0 rings (SSSR count). The van der Waals surface area contributed by atoms with Crippen LogP contribution in [0.15, 0.2) is 17.4 Å². The Balaban J connectivity index is 3.76. The molecule has 0 aliphatic carbocycles. The van der Waals surface area contributed by atoms with E-state index in [0.29, 0.717) is 0 Å². The van der Waals surface area contributed by atoms with E-state index in [-0.39, 0.29) is 0 Å². The minimum Gasteiger partial charge on any atom is -0.371 e. The maximum atomic E-state index is 4.27. The van der Waals surface area contributed by atoms with Gasteiger partial charge in [-0.1, -0.05) is 19.9 Å². The molecule has 1 N–H and O–H groups in total. The molecule has 0 saturated heterocycles. The molecule has 0 aromatic rings. The second-order valence-electron chi connectivity index (χ2n) is 2.57. The second-order valence-corrected chi connectivity index (χ2v) is 2.57. The highest BCUT2D eigenvalue weighted by atomic mass is 15.0. The Morgan fingerprint density at radius 2 is 2.09 bits per heavy atom. The van der Waals surface area contributed by atoms with Crippen LogP contribution in [0.1, 0.15) is 33.6 Å². The monoisotopic (exact) mass is 154 g/mol. The first-order valence-electron chi connectivity index (χ1n) is 4.17. The molecule has 64 valence electrons. The average Bonchev–Trinajstić information content (AvgIpc) is 1.87. The van der Waals surface area contributed by atoms with Gasteiger partial charge in [-0.2, -0.15) is 0 Å². The van der Waals surface area contributed by atoms with Crippen LogP contribution < -0.4 is 5.32 Å². The molecule has 0 aromatic heterocycles. The lowest BCUT2D eigenvalue weighted by atomic mass is 10.2.